The lowest BCUT2D eigenvalue weighted by Gasteiger charge is -2.46. The minimum atomic E-state index is 0.159. The number of benzene rings is 1. The van der Waals surface area contributed by atoms with E-state index in [2.05, 4.69) is 30.7 Å². The van der Waals surface area contributed by atoms with Crippen LogP contribution in [0.5, 0.6) is 0 Å². The summed E-state index contributed by atoms with van der Waals surface area (Å²) in [6.45, 7) is 7.53. The van der Waals surface area contributed by atoms with Gasteiger partial charge in [-0.15, -0.1) is 0 Å². The van der Waals surface area contributed by atoms with E-state index in [0.717, 1.165) is 30.9 Å². The van der Waals surface area contributed by atoms with Gasteiger partial charge >= 0.3 is 0 Å². The fourth-order valence-electron chi connectivity index (χ4n) is 2.36. The average Bonchev–Trinajstić information content (AvgIpc) is 2.32. The number of thiocarbonyl (C=S) groups is 1. The Morgan fingerprint density at radius 2 is 2.05 bits per heavy atom. The standard InChI is InChI=1S/C14H20ClN3S/c1-14(2)9-18(7-6-17(14)3)10-4-5-11(13(16)19)12(15)8-10/h4-5,8H,6-7,9H2,1-3H3,(H2,16,19). The molecule has 5 heteroatoms. The van der Waals surface area contributed by atoms with Gasteiger partial charge in [0.2, 0.25) is 0 Å². The molecule has 1 aliphatic rings. The lowest BCUT2D eigenvalue weighted by molar-refractivity contribution is 0.139. The second kappa shape index (κ2) is 5.27. The average molecular weight is 298 g/mol. The normalized spacial score (nSPS) is 19.5. The van der Waals surface area contributed by atoms with Crippen LogP contribution in [0.25, 0.3) is 0 Å². The maximum Gasteiger partial charge on any atom is 0.105 e. The van der Waals surface area contributed by atoms with Crippen molar-refractivity contribution in [1.82, 2.24) is 4.90 Å². The van der Waals surface area contributed by atoms with E-state index in [1.54, 1.807) is 0 Å². The fraction of sp³-hybridized carbons (Fsp3) is 0.500. The van der Waals surface area contributed by atoms with E-state index in [0.29, 0.717) is 10.0 Å². The molecule has 0 atom stereocenters. The molecule has 1 fully saturated rings. The van der Waals surface area contributed by atoms with Crippen molar-refractivity contribution in [2.24, 2.45) is 5.73 Å². The lowest BCUT2D eigenvalue weighted by atomic mass is 9.99. The highest BCUT2D eigenvalue weighted by molar-refractivity contribution is 7.80. The number of nitrogens with two attached hydrogens (primary N) is 1. The molecule has 19 heavy (non-hydrogen) atoms. The third-order valence-electron chi connectivity index (χ3n) is 3.90. The zero-order valence-electron chi connectivity index (χ0n) is 11.6. The van der Waals surface area contributed by atoms with Gasteiger partial charge < -0.3 is 10.6 Å². The molecule has 0 amide bonds. The molecule has 104 valence electrons. The van der Waals surface area contributed by atoms with Gasteiger partial charge in [-0.2, -0.15) is 0 Å². The monoisotopic (exact) mass is 297 g/mol. The van der Waals surface area contributed by atoms with Gasteiger partial charge in [-0.05, 0) is 39.1 Å². The number of halogens is 1. The molecule has 2 N–H and O–H groups in total. The van der Waals surface area contributed by atoms with Crippen molar-refractivity contribution in [3.05, 3.63) is 28.8 Å². The first-order valence-corrected chi connectivity index (χ1v) is 7.15. The van der Waals surface area contributed by atoms with Crippen LogP contribution in [0.3, 0.4) is 0 Å². The van der Waals surface area contributed by atoms with E-state index in [1.165, 1.54) is 0 Å². The first kappa shape index (κ1) is 14.6. The summed E-state index contributed by atoms with van der Waals surface area (Å²) in [6, 6.07) is 5.91. The summed E-state index contributed by atoms with van der Waals surface area (Å²) in [4.78, 5) is 5.08. The van der Waals surface area contributed by atoms with Crippen molar-refractivity contribution >= 4 is 34.5 Å². The smallest absolute Gasteiger partial charge is 0.105 e. The Bertz CT molecular complexity index is 501. The number of hydrogen-bond acceptors (Lipinski definition) is 3. The first-order valence-electron chi connectivity index (χ1n) is 6.37. The number of piperazine rings is 1. The van der Waals surface area contributed by atoms with Gasteiger partial charge in [0.1, 0.15) is 4.99 Å². The molecule has 0 radical (unpaired) electrons. The molecule has 0 aliphatic carbocycles. The molecule has 0 spiro atoms. The Morgan fingerprint density at radius 3 is 2.58 bits per heavy atom. The zero-order valence-corrected chi connectivity index (χ0v) is 13.2. The zero-order chi connectivity index (χ0) is 14.2. The number of hydrogen-bond donors (Lipinski definition) is 1. The van der Waals surface area contributed by atoms with Gasteiger partial charge in [-0.3, -0.25) is 4.90 Å². The molecule has 1 aromatic carbocycles. The topological polar surface area (TPSA) is 32.5 Å². The van der Waals surface area contributed by atoms with Crippen LogP contribution >= 0.6 is 23.8 Å². The highest BCUT2D eigenvalue weighted by Gasteiger charge is 2.31. The van der Waals surface area contributed by atoms with E-state index in [1.807, 2.05) is 18.2 Å². The quantitative estimate of drug-likeness (QED) is 0.850. The molecule has 1 aromatic rings. The molecule has 3 nitrogen and oxygen atoms in total. The molecule has 1 saturated heterocycles. The molecular weight excluding hydrogens is 278 g/mol. The van der Waals surface area contributed by atoms with Crippen molar-refractivity contribution in [3.8, 4) is 0 Å². The third kappa shape index (κ3) is 3.02. The second-order valence-corrected chi connectivity index (χ2v) is 6.53. The van der Waals surface area contributed by atoms with Crippen molar-refractivity contribution in [2.75, 3.05) is 31.6 Å². The molecule has 1 aliphatic heterocycles. The van der Waals surface area contributed by atoms with Crippen LogP contribution in [0.2, 0.25) is 5.02 Å². The molecule has 2 rings (SSSR count). The first-order chi connectivity index (χ1) is 8.81. The Kier molecular flexibility index (Phi) is 4.04. The highest BCUT2D eigenvalue weighted by atomic mass is 35.5. The predicted octanol–water partition coefficient (Wildman–Crippen LogP) is 2.50. The van der Waals surface area contributed by atoms with Gasteiger partial charge in [0.25, 0.3) is 0 Å². The van der Waals surface area contributed by atoms with Crippen LogP contribution in [0.1, 0.15) is 19.4 Å². The molecule has 1 heterocycles. The van der Waals surface area contributed by atoms with E-state index in [4.69, 9.17) is 29.6 Å². The Morgan fingerprint density at radius 1 is 1.37 bits per heavy atom. The van der Waals surface area contributed by atoms with Crippen LogP contribution < -0.4 is 10.6 Å². The third-order valence-corrected chi connectivity index (χ3v) is 4.43. The van der Waals surface area contributed by atoms with Crippen LogP contribution in [-0.2, 0) is 0 Å². The second-order valence-electron chi connectivity index (χ2n) is 5.68. The minimum Gasteiger partial charge on any atom is -0.389 e. The van der Waals surface area contributed by atoms with E-state index >= 15 is 0 Å². The summed E-state index contributed by atoms with van der Waals surface area (Å²) >= 11 is 11.2. The predicted molar refractivity (Wildman–Crippen MR) is 86.3 cm³/mol. The maximum atomic E-state index is 6.24. The Labute approximate surface area is 125 Å². The lowest BCUT2D eigenvalue weighted by Crippen LogP contribution is -2.57. The van der Waals surface area contributed by atoms with Crippen LogP contribution in [0, 0.1) is 0 Å². The van der Waals surface area contributed by atoms with Crippen molar-refractivity contribution in [1.29, 1.82) is 0 Å². The van der Waals surface area contributed by atoms with Gasteiger partial charge in [0.05, 0.1) is 5.02 Å². The Hall–Kier alpha value is -0.840. The Balaban J connectivity index is 2.24. The van der Waals surface area contributed by atoms with Gasteiger partial charge in [-0.25, -0.2) is 0 Å². The van der Waals surface area contributed by atoms with Gasteiger partial charge in [-0.1, -0.05) is 23.8 Å². The number of anilines is 1. The summed E-state index contributed by atoms with van der Waals surface area (Å²) in [5.74, 6) is 0. The number of rotatable bonds is 2. The number of nitrogens with zero attached hydrogens (tertiary/aromatic N) is 2. The number of likely N-dealkylation sites (N-methyl/N-ethyl adjacent to an activating group) is 1. The summed E-state index contributed by atoms with van der Waals surface area (Å²) in [7, 11) is 2.17. The van der Waals surface area contributed by atoms with E-state index in [-0.39, 0.29) is 5.54 Å². The summed E-state index contributed by atoms with van der Waals surface area (Å²) in [5, 5.41) is 0.627. The van der Waals surface area contributed by atoms with Crippen LogP contribution in [0.4, 0.5) is 5.69 Å². The van der Waals surface area contributed by atoms with Crippen molar-refractivity contribution < 1.29 is 0 Å². The van der Waals surface area contributed by atoms with Crippen LogP contribution in [0.15, 0.2) is 18.2 Å². The van der Waals surface area contributed by atoms with Crippen molar-refractivity contribution in [2.45, 2.75) is 19.4 Å². The maximum absolute atomic E-state index is 6.24. The highest BCUT2D eigenvalue weighted by Crippen LogP contribution is 2.28. The molecule has 0 saturated carbocycles. The van der Waals surface area contributed by atoms with Gasteiger partial charge in [0.15, 0.2) is 0 Å². The van der Waals surface area contributed by atoms with E-state index < -0.39 is 0 Å². The SMILES string of the molecule is CN1CCN(c2ccc(C(N)=S)c(Cl)c2)CC1(C)C. The summed E-state index contributed by atoms with van der Waals surface area (Å²) in [6.07, 6.45) is 0. The minimum absolute atomic E-state index is 0.159. The molecule has 0 aromatic heterocycles. The van der Waals surface area contributed by atoms with Crippen molar-refractivity contribution in [3.63, 3.8) is 0 Å². The summed E-state index contributed by atoms with van der Waals surface area (Å²) in [5.41, 5.74) is 7.67. The van der Waals surface area contributed by atoms with Gasteiger partial charge in [0, 0.05) is 36.4 Å². The van der Waals surface area contributed by atoms with Crippen LogP contribution in [-0.4, -0.2) is 42.1 Å². The summed E-state index contributed by atoms with van der Waals surface area (Å²) < 4.78 is 0. The van der Waals surface area contributed by atoms with E-state index in [9.17, 15) is 0 Å². The molecule has 0 bridgehead atoms. The molecule has 0 unspecified atom stereocenters. The molecular formula is C14H20ClN3S. The largest absolute Gasteiger partial charge is 0.389 e. The fourth-order valence-corrected chi connectivity index (χ4v) is 2.87.